The highest BCUT2D eigenvalue weighted by atomic mass is 35.5. The van der Waals surface area contributed by atoms with Gasteiger partial charge in [-0.1, -0.05) is 35.9 Å². The van der Waals surface area contributed by atoms with Gasteiger partial charge in [-0.15, -0.1) is 5.10 Å². The van der Waals surface area contributed by atoms with Crippen LogP contribution < -0.4 is 11.5 Å². The first-order chi connectivity index (χ1) is 8.18. The van der Waals surface area contributed by atoms with Crippen molar-refractivity contribution in [2.75, 3.05) is 0 Å². The number of guanidine groups is 1. The first-order valence-electron chi connectivity index (χ1n) is 5.27. The van der Waals surface area contributed by atoms with Crippen LogP contribution in [0.5, 0.6) is 0 Å². The second-order valence-corrected chi connectivity index (χ2v) is 4.14. The van der Waals surface area contributed by atoms with Crippen molar-refractivity contribution in [1.29, 1.82) is 0 Å². The molecule has 0 aliphatic heterocycles. The van der Waals surface area contributed by atoms with Crippen LogP contribution in [0.1, 0.15) is 17.5 Å². The molecule has 0 saturated carbocycles. The Morgan fingerprint density at radius 1 is 1.24 bits per heavy atom. The van der Waals surface area contributed by atoms with Crippen LogP contribution in [-0.4, -0.2) is 12.2 Å². The first-order valence-corrected chi connectivity index (χ1v) is 5.65. The van der Waals surface area contributed by atoms with E-state index in [2.05, 4.69) is 16.3 Å². The molecule has 0 amide bonds. The number of benzene rings is 1. The van der Waals surface area contributed by atoms with Crippen LogP contribution in [0.15, 0.2) is 40.0 Å². The highest BCUT2D eigenvalue weighted by Crippen LogP contribution is 2.32. The highest BCUT2D eigenvalue weighted by molar-refractivity contribution is 6.50. The molecule has 1 aliphatic carbocycles. The number of nitrogens with zero attached hydrogens (tertiary/aromatic N) is 2. The average molecular weight is 249 g/mol. The maximum Gasteiger partial charge on any atom is 0.211 e. The lowest BCUT2D eigenvalue weighted by molar-refractivity contribution is 0.959. The smallest absolute Gasteiger partial charge is 0.211 e. The molecule has 0 radical (unpaired) electrons. The second-order valence-electron chi connectivity index (χ2n) is 3.77. The summed E-state index contributed by atoms with van der Waals surface area (Å²) >= 11 is 6.31. The summed E-state index contributed by atoms with van der Waals surface area (Å²) in [5, 5.41) is 8.07. The lowest BCUT2D eigenvalue weighted by atomic mass is 9.92. The molecule has 4 nitrogen and oxygen atoms in total. The number of fused-ring (bicyclic) bond motifs is 1. The third-order valence-corrected chi connectivity index (χ3v) is 3.03. The number of rotatable bonds is 2. The minimum atomic E-state index is -0.0609. The van der Waals surface area contributed by atoms with E-state index in [1.165, 1.54) is 5.56 Å². The Morgan fingerprint density at radius 2 is 2.00 bits per heavy atom. The fourth-order valence-electron chi connectivity index (χ4n) is 1.79. The summed E-state index contributed by atoms with van der Waals surface area (Å²) in [6, 6.07) is 8.08. The molecule has 0 bridgehead atoms. The summed E-state index contributed by atoms with van der Waals surface area (Å²) in [7, 11) is 0. The molecule has 5 heteroatoms. The zero-order valence-electron chi connectivity index (χ0n) is 9.23. The quantitative estimate of drug-likeness (QED) is 0.476. The van der Waals surface area contributed by atoms with Gasteiger partial charge < -0.3 is 11.5 Å². The van der Waals surface area contributed by atoms with Crippen LogP contribution >= 0.6 is 11.6 Å². The summed E-state index contributed by atoms with van der Waals surface area (Å²) in [6.07, 6.45) is 3.41. The maximum absolute atomic E-state index is 6.31. The molecule has 0 spiro atoms. The van der Waals surface area contributed by atoms with Crippen molar-refractivity contribution in [3.8, 4) is 0 Å². The Bertz CT molecular complexity index is 513. The van der Waals surface area contributed by atoms with Gasteiger partial charge in [-0.25, -0.2) is 0 Å². The van der Waals surface area contributed by atoms with Crippen LogP contribution in [0.4, 0.5) is 0 Å². The predicted octanol–water partition coefficient (Wildman–Crippen LogP) is 1.84. The molecule has 2 rings (SSSR count). The van der Waals surface area contributed by atoms with Crippen LogP contribution in [0.25, 0.3) is 5.03 Å². The van der Waals surface area contributed by atoms with Crippen molar-refractivity contribution in [3.05, 3.63) is 41.0 Å². The molecule has 0 saturated heterocycles. The number of hydrogen-bond acceptors (Lipinski definition) is 2. The molecular weight excluding hydrogens is 236 g/mol. The van der Waals surface area contributed by atoms with Crippen molar-refractivity contribution in [2.24, 2.45) is 21.7 Å². The lowest BCUT2D eigenvalue weighted by Crippen LogP contribution is -2.21. The van der Waals surface area contributed by atoms with Gasteiger partial charge >= 0.3 is 0 Å². The van der Waals surface area contributed by atoms with Gasteiger partial charge in [0.2, 0.25) is 5.96 Å². The lowest BCUT2D eigenvalue weighted by Gasteiger charge is -2.16. The number of aryl methyl sites for hydroxylation is 1. The Labute approximate surface area is 105 Å². The topological polar surface area (TPSA) is 76.8 Å². The Morgan fingerprint density at radius 3 is 2.76 bits per heavy atom. The van der Waals surface area contributed by atoms with Gasteiger partial charge in [-0.3, -0.25) is 0 Å². The second kappa shape index (κ2) is 5.01. The van der Waals surface area contributed by atoms with E-state index >= 15 is 0 Å². The van der Waals surface area contributed by atoms with Crippen molar-refractivity contribution >= 4 is 28.8 Å². The Balaban J connectivity index is 2.31. The van der Waals surface area contributed by atoms with E-state index < -0.39 is 0 Å². The molecule has 17 heavy (non-hydrogen) atoms. The SMILES string of the molecule is NC(N)=N/N=C/C1=C(Cl)c2ccccc2CC1. The van der Waals surface area contributed by atoms with E-state index in [9.17, 15) is 0 Å². The standard InChI is InChI=1S/C12H13ClN4/c13-11-9(7-16-17-12(14)15)6-5-8-3-1-2-4-10(8)11/h1-4,7H,5-6H2,(H4,14,15,17)/b16-7+. The molecule has 0 aromatic heterocycles. The summed E-state index contributed by atoms with van der Waals surface area (Å²) in [5.41, 5.74) is 13.6. The number of hydrogen-bond donors (Lipinski definition) is 2. The van der Waals surface area contributed by atoms with Gasteiger partial charge in [0.15, 0.2) is 0 Å². The fourth-order valence-corrected chi connectivity index (χ4v) is 2.12. The highest BCUT2D eigenvalue weighted by Gasteiger charge is 2.15. The first kappa shape index (κ1) is 11.7. The van der Waals surface area contributed by atoms with Crippen molar-refractivity contribution < 1.29 is 0 Å². The molecule has 0 heterocycles. The Hall–Kier alpha value is -1.81. The molecule has 0 fully saturated rings. The van der Waals surface area contributed by atoms with E-state index in [0.29, 0.717) is 0 Å². The third-order valence-electron chi connectivity index (χ3n) is 2.59. The monoisotopic (exact) mass is 248 g/mol. The summed E-state index contributed by atoms with van der Waals surface area (Å²) in [6.45, 7) is 0. The normalized spacial score (nSPS) is 14.9. The summed E-state index contributed by atoms with van der Waals surface area (Å²) < 4.78 is 0. The van der Waals surface area contributed by atoms with Gasteiger partial charge in [0.25, 0.3) is 0 Å². The zero-order chi connectivity index (χ0) is 12.3. The number of allylic oxidation sites excluding steroid dienone is 1. The third kappa shape index (κ3) is 2.65. The van der Waals surface area contributed by atoms with E-state index in [4.69, 9.17) is 23.1 Å². The Kier molecular flexibility index (Phi) is 3.44. The van der Waals surface area contributed by atoms with Crippen molar-refractivity contribution in [1.82, 2.24) is 0 Å². The molecule has 1 aromatic carbocycles. The van der Waals surface area contributed by atoms with E-state index in [-0.39, 0.29) is 5.96 Å². The van der Waals surface area contributed by atoms with E-state index in [0.717, 1.165) is 29.0 Å². The maximum atomic E-state index is 6.31. The van der Waals surface area contributed by atoms with Gasteiger partial charge in [-0.05, 0) is 29.5 Å². The van der Waals surface area contributed by atoms with E-state index in [1.54, 1.807) is 6.21 Å². The molecule has 4 N–H and O–H groups in total. The predicted molar refractivity (Wildman–Crippen MR) is 71.8 cm³/mol. The van der Waals surface area contributed by atoms with Crippen LogP contribution in [0.2, 0.25) is 0 Å². The molecule has 1 aliphatic rings. The van der Waals surface area contributed by atoms with Gasteiger partial charge in [-0.2, -0.15) is 5.10 Å². The van der Waals surface area contributed by atoms with Crippen LogP contribution in [0, 0.1) is 0 Å². The summed E-state index contributed by atoms with van der Waals surface area (Å²) in [5.74, 6) is -0.0609. The largest absolute Gasteiger partial charge is 0.369 e. The van der Waals surface area contributed by atoms with Crippen LogP contribution in [-0.2, 0) is 6.42 Å². The summed E-state index contributed by atoms with van der Waals surface area (Å²) in [4.78, 5) is 0. The average Bonchev–Trinajstić information content (AvgIpc) is 2.32. The molecule has 1 aromatic rings. The minimum absolute atomic E-state index is 0.0609. The number of nitrogens with two attached hydrogens (primary N) is 2. The van der Waals surface area contributed by atoms with Gasteiger partial charge in [0.1, 0.15) is 0 Å². The number of halogens is 1. The zero-order valence-corrected chi connectivity index (χ0v) is 9.98. The minimum Gasteiger partial charge on any atom is -0.369 e. The fraction of sp³-hybridized carbons (Fsp3) is 0.167. The molecule has 88 valence electrons. The van der Waals surface area contributed by atoms with E-state index in [1.807, 2.05) is 18.2 Å². The van der Waals surface area contributed by atoms with Crippen LogP contribution in [0.3, 0.4) is 0 Å². The molecular formula is C12H13ClN4. The van der Waals surface area contributed by atoms with Crippen molar-refractivity contribution in [2.45, 2.75) is 12.8 Å². The molecule has 0 atom stereocenters. The van der Waals surface area contributed by atoms with Crippen molar-refractivity contribution in [3.63, 3.8) is 0 Å². The molecule has 0 unspecified atom stereocenters. The van der Waals surface area contributed by atoms with Gasteiger partial charge in [0, 0.05) is 0 Å². The van der Waals surface area contributed by atoms with Gasteiger partial charge in [0.05, 0.1) is 11.2 Å².